The van der Waals surface area contributed by atoms with Crippen molar-refractivity contribution in [2.24, 2.45) is 10.2 Å². The number of anilines is 1. The number of carbonyl (C=O) groups excluding carboxylic acids is 1. The highest BCUT2D eigenvalue weighted by atomic mass is 32.2. The third-order valence-electron chi connectivity index (χ3n) is 4.06. The lowest BCUT2D eigenvalue weighted by molar-refractivity contribution is 0.102. The van der Waals surface area contributed by atoms with E-state index in [0.717, 1.165) is 9.99 Å². The molecule has 3 aromatic rings. The molecule has 0 aliphatic carbocycles. The Labute approximate surface area is 169 Å². The molecule has 0 atom stereocenters. The number of azo groups is 1. The third-order valence-corrected chi connectivity index (χ3v) is 5.89. The molecule has 0 heterocycles. The number of carbonyl (C=O) groups is 1. The van der Waals surface area contributed by atoms with E-state index in [1.165, 1.54) is 38.4 Å². The molecule has 0 radical (unpaired) electrons. The average molecular weight is 408 g/mol. The number of hydrogen-bond donors (Lipinski definition) is 1. The highest BCUT2D eigenvalue weighted by molar-refractivity contribution is 7.89. The fraction of sp³-hybridized carbons (Fsp3) is 0.0952. The molecule has 0 unspecified atom stereocenters. The molecule has 3 aromatic carbocycles. The summed E-state index contributed by atoms with van der Waals surface area (Å²) in [7, 11) is -0.612. The first-order valence-electron chi connectivity index (χ1n) is 8.77. The van der Waals surface area contributed by atoms with E-state index >= 15 is 0 Å². The highest BCUT2D eigenvalue weighted by Gasteiger charge is 2.17. The van der Waals surface area contributed by atoms with Gasteiger partial charge in [0.1, 0.15) is 0 Å². The van der Waals surface area contributed by atoms with Crippen molar-refractivity contribution in [3.63, 3.8) is 0 Å². The van der Waals surface area contributed by atoms with Gasteiger partial charge >= 0.3 is 0 Å². The van der Waals surface area contributed by atoms with E-state index in [9.17, 15) is 13.2 Å². The first-order chi connectivity index (χ1) is 13.9. The molecular formula is C21H20N4O3S. The van der Waals surface area contributed by atoms with E-state index in [4.69, 9.17) is 0 Å². The lowest BCUT2D eigenvalue weighted by atomic mass is 10.2. The average Bonchev–Trinajstić information content (AvgIpc) is 2.74. The maximum absolute atomic E-state index is 12.4. The van der Waals surface area contributed by atoms with Gasteiger partial charge in [0, 0.05) is 25.3 Å². The van der Waals surface area contributed by atoms with Crippen LogP contribution in [0.3, 0.4) is 0 Å². The van der Waals surface area contributed by atoms with Crippen molar-refractivity contribution in [3.05, 3.63) is 84.4 Å². The van der Waals surface area contributed by atoms with E-state index in [-0.39, 0.29) is 10.8 Å². The molecule has 1 amide bonds. The Morgan fingerprint density at radius 1 is 0.793 bits per heavy atom. The van der Waals surface area contributed by atoms with Crippen LogP contribution in [0.15, 0.2) is 94.0 Å². The molecule has 29 heavy (non-hydrogen) atoms. The van der Waals surface area contributed by atoms with Crippen molar-refractivity contribution in [3.8, 4) is 0 Å². The minimum Gasteiger partial charge on any atom is -0.322 e. The summed E-state index contributed by atoms with van der Waals surface area (Å²) in [5, 5.41) is 11.1. The summed E-state index contributed by atoms with van der Waals surface area (Å²) in [5.41, 5.74) is 2.36. The number of nitrogens with zero attached hydrogens (tertiary/aromatic N) is 3. The zero-order chi connectivity index (χ0) is 20.9. The Kier molecular flexibility index (Phi) is 6.16. The van der Waals surface area contributed by atoms with E-state index in [0.29, 0.717) is 16.9 Å². The van der Waals surface area contributed by atoms with Gasteiger partial charge in [-0.3, -0.25) is 4.79 Å². The van der Waals surface area contributed by atoms with Crippen LogP contribution in [0.25, 0.3) is 0 Å². The van der Waals surface area contributed by atoms with Crippen LogP contribution in [-0.4, -0.2) is 32.7 Å². The molecule has 0 bridgehead atoms. The molecule has 0 aliphatic heterocycles. The topological polar surface area (TPSA) is 91.2 Å². The second kappa shape index (κ2) is 8.76. The molecular weight excluding hydrogens is 388 g/mol. The van der Waals surface area contributed by atoms with Crippen molar-refractivity contribution in [1.29, 1.82) is 0 Å². The van der Waals surface area contributed by atoms with Crippen LogP contribution in [0, 0.1) is 0 Å². The summed E-state index contributed by atoms with van der Waals surface area (Å²) in [5.74, 6) is -0.336. The molecule has 0 saturated carbocycles. The summed E-state index contributed by atoms with van der Waals surface area (Å²) in [6.07, 6.45) is 0. The van der Waals surface area contributed by atoms with Gasteiger partial charge in [0.2, 0.25) is 10.0 Å². The second-order valence-electron chi connectivity index (χ2n) is 6.35. The first kappa shape index (κ1) is 20.4. The Morgan fingerprint density at radius 3 is 1.90 bits per heavy atom. The minimum atomic E-state index is -3.53. The van der Waals surface area contributed by atoms with Crippen molar-refractivity contribution >= 4 is 33.0 Å². The van der Waals surface area contributed by atoms with Crippen molar-refractivity contribution < 1.29 is 13.2 Å². The van der Waals surface area contributed by atoms with Crippen LogP contribution in [0.2, 0.25) is 0 Å². The van der Waals surface area contributed by atoms with Gasteiger partial charge in [-0.1, -0.05) is 18.2 Å². The molecule has 0 aliphatic rings. The van der Waals surface area contributed by atoms with Gasteiger partial charge in [-0.15, -0.1) is 0 Å². The normalized spacial score (nSPS) is 11.7. The largest absolute Gasteiger partial charge is 0.322 e. The lowest BCUT2D eigenvalue weighted by Crippen LogP contribution is -2.22. The molecule has 7 nitrogen and oxygen atoms in total. The quantitative estimate of drug-likeness (QED) is 0.604. The molecule has 8 heteroatoms. The maximum Gasteiger partial charge on any atom is 0.255 e. The Bertz CT molecular complexity index is 1110. The van der Waals surface area contributed by atoms with Gasteiger partial charge in [0.25, 0.3) is 5.91 Å². The van der Waals surface area contributed by atoms with Crippen LogP contribution < -0.4 is 5.32 Å². The zero-order valence-corrected chi connectivity index (χ0v) is 16.8. The van der Waals surface area contributed by atoms with E-state index < -0.39 is 10.0 Å². The molecule has 0 spiro atoms. The Hall–Kier alpha value is -3.36. The first-order valence-corrected chi connectivity index (χ1v) is 10.2. The van der Waals surface area contributed by atoms with Gasteiger partial charge in [0.15, 0.2) is 0 Å². The van der Waals surface area contributed by atoms with Crippen LogP contribution in [0.4, 0.5) is 17.1 Å². The SMILES string of the molecule is CN(C)S(=O)(=O)c1ccc(C(=O)Nc2ccc(N=Nc3ccccc3)cc2)cc1. The van der Waals surface area contributed by atoms with E-state index in [1.807, 2.05) is 30.3 Å². The van der Waals surface area contributed by atoms with Gasteiger partial charge in [-0.25, -0.2) is 12.7 Å². The Balaban J connectivity index is 1.66. The smallest absolute Gasteiger partial charge is 0.255 e. The standard InChI is InChI=1S/C21H20N4O3S/c1-25(2)29(27,28)20-14-8-16(9-15-20)21(26)22-17-10-12-19(13-11-17)24-23-18-6-4-3-5-7-18/h3-15H,1-2H3,(H,22,26). The van der Waals surface area contributed by atoms with Crippen LogP contribution in [-0.2, 0) is 10.0 Å². The van der Waals surface area contributed by atoms with E-state index in [2.05, 4.69) is 15.5 Å². The summed E-state index contributed by atoms with van der Waals surface area (Å²) in [4.78, 5) is 12.5. The van der Waals surface area contributed by atoms with Crippen molar-refractivity contribution in [2.45, 2.75) is 4.90 Å². The number of sulfonamides is 1. The number of nitrogens with one attached hydrogen (secondary N) is 1. The monoisotopic (exact) mass is 408 g/mol. The fourth-order valence-corrected chi connectivity index (χ4v) is 3.32. The molecule has 0 saturated heterocycles. The van der Waals surface area contributed by atoms with E-state index in [1.54, 1.807) is 24.3 Å². The molecule has 0 fully saturated rings. The zero-order valence-electron chi connectivity index (χ0n) is 16.0. The molecule has 148 valence electrons. The third kappa shape index (κ3) is 5.13. The van der Waals surface area contributed by atoms with Crippen molar-refractivity contribution in [1.82, 2.24) is 4.31 Å². The minimum absolute atomic E-state index is 0.132. The Morgan fingerprint density at radius 2 is 1.34 bits per heavy atom. The van der Waals surface area contributed by atoms with Gasteiger partial charge in [0.05, 0.1) is 16.3 Å². The molecule has 0 aromatic heterocycles. The number of amides is 1. The highest BCUT2D eigenvalue weighted by Crippen LogP contribution is 2.21. The lowest BCUT2D eigenvalue weighted by Gasteiger charge is -2.11. The second-order valence-corrected chi connectivity index (χ2v) is 8.50. The van der Waals surface area contributed by atoms with Crippen LogP contribution in [0.5, 0.6) is 0 Å². The maximum atomic E-state index is 12.4. The summed E-state index contributed by atoms with van der Waals surface area (Å²) < 4.78 is 25.3. The fourth-order valence-electron chi connectivity index (χ4n) is 2.41. The molecule has 3 rings (SSSR count). The van der Waals surface area contributed by atoms with Crippen LogP contribution in [0.1, 0.15) is 10.4 Å². The summed E-state index contributed by atoms with van der Waals surface area (Å²) in [6, 6.07) is 22.1. The summed E-state index contributed by atoms with van der Waals surface area (Å²) in [6.45, 7) is 0. The van der Waals surface area contributed by atoms with Gasteiger partial charge in [-0.2, -0.15) is 10.2 Å². The predicted octanol–water partition coefficient (Wildman–Crippen LogP) is 4.60. The predicted molar refractivity (Wildman–Crippen MR) is 112 cm³/mol. The van der Waals surface area contributed by atoms with Crippen molar-refractivity contribution in [2.75, 3.05) is 19.4 Å². The number of benzene rings is 3. The van der Waals surface area contributed by atoms with Crippen LogP contribution >= 0.6 is 0 Å². The number of rotatable bonds is 6. The molecule has 1 N–H and O–H groups in total. The van der Waals surface area contributed by atoms with Gasteiger partial charge in [-0.05, 0) is 60.7 Å². The summed E-state index contributed by atoms with van der Waals surface area (Å²) >= 11 is 0. The van der Waals surface area contributed by atoms with Gasteiger partial charge < -0.3 is 5.32 Å². The number of hydrogen-bond acceptors (Lipinski definition) is 5.